The van der Waals surface area contributed by atoms with Gasteiger partial charge in [0.25, 0.3) is 11.8 Å². The Morgan fingerprint density at radius 3 is 2.25 bits per heavy atom. The molecule has 1 aromatic carbocycles. The number of carbonyl (C=O) groups excluding carboxylic acids is 2. The number of nitrogens with zero attached hydrogens (tertiary/aromatic N) is 4. The van der Waals surface area contributed by atoms with Crippen LogP contribution in [0.15, 0.2) is 52.1 Å². The van der Waals surface area contributed by atoms with Crippen LogP contribution in [0, 0.1) is 13.8 Å². The van der Waals surface area contributed by atoms with E-state index in [4.69, 9.17) is 4.52 Å². The standard InChI is InChI=1S/C23H24N4O4S/c1-15-19(16(2)31-25-15)14-32-21-18(7-5-9-24-21)23(30)27-12-10-26(11-13-27)22(29)17-6-3-4-8-20(17)28/h3-9,28H,10-14H2,1-2H3. The van der Waals surface area contributed by atoms with Crippen molar-refractivity contribution in [2.45, 2.75) is 24.6 Å². The Morgan fingerprint density at radius 1 is 1.00 bits per heavy atom. The summed E-state index contributed by atoms with van der Waals surface area (Å²) in [7, 11) is 0. The first-order chi connectivity index (χ1) is 15.5. The average molecular weight is 453 g/mol. The second kappa shape index (κ2) is 9.44. The Labute approximate surface area is 190 Å². The summed E-state index contributed by atoms with van der Waals surface area (Å²) >= 11 is 1.48. The number of rotatable bonds is 5. The molecule has 1 aliphatic heterocycles. The van der Waals surface area contributed by atoms with Crippen molar-refractivity contribution < 1.29 is 19.2 Å². The lowest BCUT2D eigenvalue weighted by Crippen LogP contribution is -2.50. The van der Waals surface area contributed by atoms with Crippen molar-refractivity contribution >= 4 is 23.6 Å². The third-order valence-corrected chi connectivity index (χ3v) is 6.56. The zero-order valence-electron chi connectivity index (χ0n) is 17.9. The Kier molecular flexibility index (Phi) is 6.45. The second-order valence-corrected chi connectivity index (χ2v) is 8.51. The number of benzene rings is 1. The number of aromatic hydroxyl groups is 1. The number of phenols is 1. The Morgan fingerprint density at radius 2 is 1.62 bits per heavy atom. The van der Waals surface area contributed by atoms with Crippen molar-refractivity contribution in [3.05, 3.63) is 70.7 Å². The van der Waals surface area contributed by atoms with E-state index in [9.17, 15) is 14.7 Å². The van der Waals surface area contributed by atoms with E-state index in [1.165, 1.54) is 17.8 Å². The topological polar surface area (TPSA) is 99.8 Å². The fourth-order valence-electron chi connectivity index (χ4n) is 3.62. The number of carbonyl (C=O) groups is 2. The van der Waals surface area contributed by atoms with Crippen LogP contribution in [0.5, 0.6) is 5.75 Å². The normalized spacial score (nSPS) is 13.9. The van der Waals surface area contributed by atoms with Gasteiger partial charge < -0.3 is 19.4 Å². The van der Waals surface area contributed by atoms with Gasteiger partial charge in [0.1, 0.15) is 16.5 Å². The maximum atomic E-state index is 13.2. The first-order valence-electron chi connectivity index (χ1n) is 10.3. The predicted octanol–water partition coefficient (Wildman–Crippen LogP) is 3.28. The van der Waals surface area contributed by atoms with Crippen LogP contribution in [0.25, 0.3) is 0 Å². The lowest BCUT2D eigenvalue weighted by atomic mass is 10.1. The number of pyridine rings is 1. The van der Waals surface area contributed by atoms with Crippen molar-refractivity contribution in [2.24, 2.45) is 0 Å². The molecule has 32 heavy (non-hydrogen) atoms. The van der Waals surface area contributed by atoms with Gasteiger partial charge in [-0.1, -0.05) is 17.3 Å². The summed E-state index contributed by atoms with van der Waals surface area (Å²) in [5.41, 5.74) is 2.67. The third-order valence-electron chi connectivity index (χ3n) is 5.52. The summed E-state index contributed by atoms with van der Waals surface area (Å²) in [4.78, 5) is 33.7. The molecular formula is C23H24N4O4S. The van der Waals surface area contributed by atoms with Crippen LogP contribution in [0.4, 0.5) is 0 Å². The molecule has 3 heterocycles. The van der Waals surface area contributed by atoms with Gasteiger partial charge in [-0.25, -0.2) is 4.98 Å². The summed E-state index contributed by atoms with van der Waals surface area (Å²) in [5, 5.41) is 14.6. The Balaban J connectivity index is 1.41. The first-order valence-corrected chi connectivity index (χ1v) is 11.3. The van der Waals surface area contributed by atoms with Crippen LogP contribution in [0.1, 0.15) is 37.7 Å². The molecule has 2 amide bonds. The van der Waals surface area contributed by atoms with Gasteiger partial charge >= 0.3 is 0 Å². The minimum absolute atomic E-state index is 0.0358. The molecule has 166 valence electrons. The number of para-hydroxylation sites is 1. The number of aryl methyl sites for hydroxylation is 2. The highest BCUT2D eigenvalue weighted by atomic mass is 32.2. The fraction of sp³-hybridized carbons (Fsp3) is 0.304. The number of aromatic nitrogens is 2. The molecule has 0 radical (unpaired) electrons. The lowest BCUT2D eigenvalue weighted by molar-refractivity contribution is 0.0531. The summed E-state index contributed by atoms with van der Waals surface area (Å²) in [6, 6.07) is 10.0. The van der Waals surface area contributed by atoms with Crippen LogP contribution >= 0.6 is 11.8 Å². The molecule has 9 heteroatoms. The van der Waals surface area contributed by atoms with Gasteiger partial charge in [-0.15, -0.1) is 11.8 Å². The highest BCUT2D eigenvalue weighted by Gasteiger charge is 2.28. The molecule has 1 fully saturated rings. The molecule has 8 nitrogen and oxygen atoms in total. The van der Waals surface area contributed by atoms with Crippen LogP contribution in [-0.2, 0) is 5.75 Å². The molecule has 0 unspecified atom stereocenters. The van der Waals surface area contributed by atoms with Gasteiger partial charge in [0.2, 0.25) is 0 Å². The van der Waals surface area contributed by atoms with E-state index in [-0.39, 0.29) is 23.1 Å². The van der Waals surface area contributed by atoms with Crippen LogP contribution < -0.4 is 0 Å². The minimum atomic E-state index is -0.229. The predicted molar refractivity (Wildman–Crippen MR) is 120 cm³/mol. The van der Waals surface area contributed by atoms with Crippen LogP contribution in [0.2, 0.25) is 0 Å². The molecule has 2 aromatic heterocycles. The van der Waals surface area contributed by atoms with Crippen molar-refractivity contribution in [2.75, 3.05) is 26.2 Å². The number of piperazine rings is 1. The van der Waals surface area contributed by atoms with Gasteiger partial charge in [-0.3, -0.25) is 9.59 Å². The van der Waals surface area contributed by atoms with E-state index in [0.717, 1.165) is 17.0 Å². The molecule has 0 spiro atoms. The lowest BCUT2D eigenvalue weighted by Gasteiger charge is -2.35. The summed E-state index contributed by atoms with van der Waals surface area (Å²) in [5.74, 6) is 1.01. The number of amides is 2. The van der Waals surface area contributed by atoms with Crippen LogP contribution in [-0.4, -0.2) is 63.0 Å². The van der Waals surface area contributed by atoms with E-state index in [0.29, 0.717) is 42.5 Å². The van der Waals surface area contributed by atoms with E-state index in [2.05, 4.69) is 10.1 Å². The molecule has 0 saturated carbocycles. The molecule has 3 aromatic rings. The number of thioether (sulfide) groups is 1. The van der Waals surface area contributed by atoms with Gasteiger partial charge in [-0.2, -0.15) is 0 Å². The molecule has 1 N–H and O–H groups in total. The highest BCUT2D eigenvalue weighted by molar-refractivity contribution is 7.98. The van der Waals surface area contributed by atoms with Crippen LogP contribution in [0.3, 0.4) is 0 Å². The van der Waals surface area contributed by atoms with E-state index < -0.39 is 0 Å². The number of hydrogen-bond donors (Lipinski definition) is 1. The summed E-state index contributed by atoms with van der Waals surface area (Å²) in [6.07, 6.45) is 1.68. The molecule has 1 aliphatic rings. The molecule has 0 aliphatic carbocycles. The number of phenolic OH excluding ortho intramolecular Hbond substituents is 1. The molecular weight excluding hydrogens is 428 g/mol. The van der Waals surface area contributed by atoms with E-state index in [1.807, 2.05) is 13.8 Å². The minimum Gasteiger partial charge on any atom is -0.507 e. The highest BCUT2D eigenvalue weighted by Crippen LogP contribution is 2.28. The quantitative estimate of drug-likeness (QED) is 0.593. The van der Waals surface area contributed by atoms with E-state index in [1.54, 1.807) is 46.3 Å². The second-order valence-electron chi connectivity index (χ2n) is 7.55. The fourth-order valence-corrected chi connectivity index (χ4v) is 4.76. The van der Waals surface area contributed by atoms with Crippen molar-refractivity contribution in [1.29, 1.82) is 0 Å². The third kappa shape index (κ3) is 4.47. The van der Waals surface area contributed by atoms with Gasteiger partial charge in [0.05, 0.1) is 16.8 Å². The SMILES string of the molecule is Cc1noc(C)c1CSc1ncccc1C(=O)N1CCN(C(=O)c2ccccc2O)CC1. The smallest absolute Gasteiger partial charge is 0.257 e. The Bertz CT molecular complexity index is 1120. The molecule has 4 rings (SSSR count). The van der Waals surface area contributed by atoms with Crippen molar-refractivity contribution in [3.63, 3.8) is 0 Å². The average Bonchev–Trinajstić information content (AvgIpc) is 3.14. The van der Waals surface area contributed by atoms with E-state index >= 15 is 0 Å². The van der Waals surface area contributed by atoms with Crippen molar-refractivity contribution in [3.8, 4) is 5.75 Å². The number of hydrogen-bond acceptors (Lipinski definition) is 7. The summed E-state index contributed by atoms with van der Waals surface area (Å²) in [6.45, 7) is 5.41. The van der Waals surface area contributed by atoms with Gasteiger partial charge in [-0.05, 0) is 38.1 Å². The summed E-state index contributed by atoms with van der Waals surface area (Å²) < 4.78 is 5.22. The molecule has 0 atom stereocenters. The molecule has 1 saturated heterocycles. The molecule has 0 bridgehead atoms. The van der Waals surface area contributed by atoms with Gasteiger partial charge in [0.15, 0.2) is 0 Å². The van der Waals surface area contributed by atoms with Crippen molar-refractivity contribution in [1.82, 2.24) is 19.9 Å². The monoisotopic (exact) mass is 452 g/mol. The Hall–Kier alpha value is -3.33. The first kappa shape index (κ1) is 21.9. The zero-order valence-corrected chi connectivity index (χ0v) is 18.8. The maximum absolute atomic E-state index is 13.2. The zero-order chi connectivity index (χ0) is 22.7. The van der Waals surface area contributed by atoms with Gasteiger partial charge in [0, 0.05) is 43.7 Å². The largest absolute Gasteiger partial charge is 0.507 e. The maximum Gasteiger partial charge on any atom is 0.257 e.